The van der Waals surface area contributed by atoms with E-state index in [1.165, 1.54) is 0 Å². The Labute approximate surface area is 134 Å². The number of hydrogen-bond acceptors (Lipinski definition) is 4. The number of halogens is 2. The lowest BCUT2D eigenvalue weighted by Gasteiger charge is -2.15. The molecule has 0 fully saturated rings. The number of methoxy groups -OCH3 is 1. The molecule has 1 heterocycles. The maximum atomic E-state index is 6.16. The highest BCUT2D eigenvalue weighted by molar-refractivity contribution is 6.35. The average molecular weight is 329 g/mol. The molecule has 0 amide bonds. The van der Waals surface area contributed by atoms with Crippen LogP contribution in [0.25, 0.3) is 0 Å². The minimum absolute atomic E-state index is 0.0519. The highest BCUT2D eigenvalue weighted by atomic mass is 35.5. The van der Waals surface area contributed by atoms with Crippen LogP contribution in [0, 0.1) is 0 Å². The number of benzene rings is 1. The van der Waals surface area contributed by atoms with Crippen molar-refractivity contribution < 1.29 is 4.74 Å². The Morgan fingerprint density at radius 1 is 1.38 bits per heavy atom. The Morgan fingerprint density at radius 2 is 2.19 bits per heavy atom. The molecule has 0 saturated carbocycles. The Kier molecular flexibility index (Phi) is 5.99. The Morgan fingerprint density at radius 3 is 2.90 bits per heavy atom. The predicted molar refractivity (Wildman–Crippen MR) is 83.6 cm³/mol. The van der Waals surface area contributed by atoms with E-state index in [9.17, 15) is 0 Å². The van der Waals surface area contributed by atoms with E-state index in [1.54, 1.807) is 19.5 Å². The van der Waals surface area contributed by atoms with Gasteiger partial charge in [0.05, 0.1) is 12.6 Å². The van der Waals surface area contributed by atoms with Gasteiger partial charge in [-0.15, -0.1) is 10.2 Å². The SMILES string of the molecule is COCCn1cnnc1C(C)NCc1ccc(Cl)cc1Cl. The summed E-state index contributed by atoms with van der Waals surface area (Å²) in [6, 6.07) is 5.54. The normalized spacial score (nSPS) is 12.6. The zero-order chi connectivity index (χ0) is 15.2. The van der Waals surface area contributed by atoms with E-state index < -0.39 is 0 Å². The Balaban J connectivity index is 1.98. The van der Waals surface area contributed by atoms with Crippen LogP contribution in [0.4, 0.5) is 0 Å². The van der Waals surface area contributed by atoms with Crippen LogP contribution >= 0.6 is 23.2 Å². The van der Waals surface area contributed by atoms with Crippen molar-refractivity contribution in [3.63, 3.8) is 0 Å². The van der Waals surface area contributed by atoms with Crippen molar-refractivity contribution in [2.75, 3.05) is 13.7 Å². The lowest BCUT2D eigenvalue weighted by molar-refractivity contribution is 0.185. The van der Waals surface area contributed by atoms with Crippen molar-refractivity contribution >= 4 is 23.2 Å². The Hall–Kier alpha value is -1.14. The van der Waals surface area contributed by atoms with Crippen molar-refractivity contribution in [2.24, 2.45) is 0 Å². The molecule has 1 aromatic heterocycles. The third-order valence-corrected chi connectivity index (χ3v) is 3.77. The van der Waals surface area contributed by atoms with Crippen molar-refractivity contribution in [3.05, 3.63) is 46.0 Å². The molecular formula is C14H18Cl2N4O. The minimum atomic E-state index is 0.0519. The molecule has 1 atom stereocenters. The van der Waals surface area contributed by atoms with Crippen molar-refractivity contribution in [3.8, 4) is 0 Å². The van der Waals surface area contributed by atoms with Gasteiger partial charge in [-0.25, -0.2) is 0 Å². The fourth-order valence-corrected chi connectivity index (χ4v) is 2.46. The fraction of sp³-hybridized carbons (Fsp3) is 0.429. The second-order valence-corrected chi connectivity index (χ2v) is 5.56. The van der Waals surface area contributed by atoms with Gasteiger partial charge < -0.3 is 14.6 Å². The van der Waals surface area contributed by atoms with E-state index in [1.807, 2.05) is 23.6 Å². The first kappa shape index (κ1) is 16.2. The molecule has 0 radical (unpaired) electrons. The zero-order valence-corrected chi connectivity index (χ0v) is 13.5. The fourth-order valence-electron chi connectivity index (χ4n) is 1.98. The van der Waals surface area contributed by atoms with Gasteiger partial charge in [-0.2, -0.15) is 0 Å². The summed E-state index contributed by atoms with van der Waals surface area (Å²) < 4.78 is 7.06. The van der Waals surface area contributed by atoms with E-state index in [0.29, 0.717) is 23.2 Å². The molecule has 5 nitrogen and oxygen atoms in total. The second-order valence-electron chi connectivity index (χ2n) is 4.71. The second kappa shape index (κ2) is 7.75. The minimum Gasteiger partial charge on any atom is -0.383 e. The molecule has 21 heavy (non-hydrogen) atoms. The summed E-state index contributed by atoms with van der Waals surface area (Å²) in [6.45, 7) is 4.03. The van der Waals surface area contributed by atoms with Crippen molar-refractivity contribution in [1.29, 1.82) is 0 Å². The van der Waals surface area contributed by atoms with Crippen LogP contribution in [-0.2, 0) is 17.8 Å². The number of hydrogen-bond donors (Lipinski definition) is 1. The van der Waals surface area contributed by atoms with Gasteiger partial charge in [0, 0.05) is 30.2 Å². The van der Waals surface area contributed by atoms with Gasteiger partial charge in [0.2, 0.25) is 0 Å². The van der Waals surface area contributed by atoms with Gasteiger partial charge in [-0.1, -0.05) is 29.3 Å². The molecule has 0 saturated heterocycles. The third-order valence-electron chi connectivity index (χ3n) is 3.18. The summed E-state index contributed by atoms with van der Waals surface area (Å²) in [6.07, 6.45) is 1.71. The summed E-state index contributed by atoms with van der Waals surface area (Å²) >= 11 is 12.1. The van der Waals surface area contributed by atoms with E-state index >= 15 is 0 Å². The molecule has 7 heteroatoms. The van der Waals surface area contributed by atoms with Gasteiger partial charge in [-0.05, 0) is 24.6 Å². The predicted octanol–water partition coefficient (Wildman–Crippen LogP) is 3.08. The number of nitrogens with one attached hydrogen (secondary N) is 1. The first-order valence-electron chi connectivity index (χ1n) is 6.65. The largest absolute Gasteiger partial charge is 0.383 e. The van der Waals surface area contributed by atoms with Gasteiger partial charge >= 0.3 is 0 Å². The smallest absolute Gasteiger partial charge is 0.149 e. The first-order valence-corrected chi connectivity index (χ1v) is 7.41. The molecule has 0 aliphatic heterocycles. The quantitative estimate of drug-likeness (QED) is 0.848. The summed E-state index contributed by atoms with van der Waals surface area (Å²) in [5.41, 5.74) is 0.996. The Bertz CT molecular complexity index is 588. The lowest BCUT2D eigenvalue weighted by atomic mass is 10.2. The molecule has 2 rings (SSSR count). The molecule has 1 N–H and O–H groups in total. The zero-order valence-electron chi connectivity index (χ0n) is 12.0. The third kappa shape index (κ3) is 4.41. The topological polar surface area (TPSA) is 52.0 Å². The van der Waals surface area contributed by atoms with Gasteiger partial charge in [0.25, 0.3) is 0 Å². The van der Waals surface area contributed by atoms with E-state index in [-0.39, 0.29) is 6.04 Å². The molecule has 1 unspecified atom stereocenters. The monoisotopic (exact) mass is 328 g/mol. The van der Waals surface area contributed by atoms with Crippen LogP contribution in [0.5, 0.6) is 0 Å². The summed E-state index contributed by atoms with van der Waals surface area (Å²) in [7, 11) is 1.67. The number of rotatable bonds is 7. The summed E-state index contributed by atoms with van der Waals surface area (Å²) in [5, 5.41) is 12.8. The molecule has 0 aliphatic carbocycles. The lowest BCUT2D eigenvalue weighted by Crippen LogP contribution is -2.22. The van der Waals surface area contributed by atoms with Gasteiger partial charge in [-0.3, -0.25) is 0 Å². The summed E-state index contributed by atoms with van der Waals surface area (Å²) in [4.78, 5) is 0. The van der Waals surface area contributed by atoms with Gasteiger partial charge in [0.1, 0.15) is 12.2 Å². The molecule has 1 aromatic carbocycles. The molecular weight excluding hydrogens is 311 g/mol. The molecule has 114 valence electrons. The van der Waals surface area contributed by atoms with Crippen molar-refractivity contribution in [1.82, 2.24) is 20.1 Å². The maximum absolute atomic E-state index is 6.16. The van der Waals surface area contributed by atoms with Gasteiger partial charge in [0.15, 0.2) is 0 Å². The molecule has 0 bridgehead atoms. The van der Waals surface area contributed by atoms with E-state index in [2.05, 4.69) is 15.5 Å². The summed E-state index contributed by atoms with van der Waals surface area (Å²) in [5.74, 6) is 0.872. The van der Waals surface area contributed by atoms with Crippen LogP contribution in [0.2, 0.25) is 10.0 Å². The highest BCUT2D eigenvalue weighted by Crippen LogP contribution is 2.21. The van der Waals surface area contributed by atoms with Crippen LogP contribution in [-0.4, -0.2) is 28.5 Å². The standard InChI is InChI=1S/C14H18Cl2N4O/c1-10(14-19-18-9-20(14)5-6-21-2)17-8-11-3-4-12(15)7-13(11)16/h3-4,7,9-10,17H,5-6,8H2,1-2H3. The average Bonchev–Trinajstić information content (AvgIpc) is 2.92. The maximum Gasteiger partial charge on any atom is 0.149 e. The first-order chi connectivity index (χ1) is 10.1. The number of ether oxygens (including phenoxy) is 1. The van der Waals surface area contributed by atoms with Crippen LogP contribution in [0.3, 0.4) is 0 Å². The van der Waals surface area contributed by atoms with Crippen LogP contribution < -0.4 is 5.32 Å². The van der Waals surface area contributed by atoms with Crippen molar-refractivity contribution in [2.45, 2.75) is 26.1 Å². The van der Waals surface area contributed by atoms with E-state index in [0.717, 1.165) is 17.9 Å². The molecule has 0 aliphatic rings. The number of aromatic nitrogens is 3. The van der Waals surface area contributed by atoms with Crippen LogP contribution in [0.1, 0.15) is 24.4 Å². The van der Waals surface area contributed by atoms with E-state index in [4.69, 9.17) is 27.9 Å². The molecule has 0 spiro atoms. The highest BCUT2D eigenvalue weighted by Gasteiger charge is 2.13. The van der Waals surface area contributed by atoms with Crippen LogP contribution in [0.15, 0.2) is 24.5 Å². The number of nitrogens with zero attached hydrogens (tertiary/aromatic N) is 3. The molecule has 2 aromatic rings.